The van der Waals surface area contributed by atoms with Gasteiger partial charge in [0.1, 0.15) is 11.5 Å². The molecular formula is C56H52N2O2. The van der Waals surface area contributed by atoms with Gasteiger partial charge in [-0.3, -0.25) is 0 Å². The molecule has 0 fully saturated rings. The van der Waals surface area contributed by atoms with Crippen molar-refractivity contribution in [2.24, 2.45) is 0 Å². The molecule has 60 heavy (non-hydrogen) atoms. The third-order valence-corrected chi connectivity index (χ3v) is 11.7. The topological polar surface area (TPSA) is 46.9 Å². The summed E-state index contributed by atoms with van der Waals surface area (Å²) in [5, 5.41) is 19.4. The van der Waals surface area contributed by atoms with Gasteiger partial charge in [-0.25, -0.2) is 0 Å². The van der Waals surface area contributed by atoms with Gasteiger partial charge in [0.15, 0.2) is 0 Å². The lowest BCUT2D eigenvalue weighted by Gasteiger charge is -2.27. The maximum Gasteiger partial charge on any atom is 0.115 e. The van der Waals surface area contributed by atoms with E-state index in [-0.39, 0.29) is 0 Å². The van der Waals surface area contributed by atoms with Gasteiger partial charge in [0.25, 0.3) is 0 Å². The first-order chi connectivity index (χ1) is 29.4. The van der Waals surface area contributed by atoms with Crippen molar-refractivity contribution >= 4 is 34.1 Å². The van der Waals surface area contributed by atoms with E-state index in [1.165, 1.54) is 22.3 Å². The van der Waals surface area contributed by atoms with E-state index >= 15 is 0 Å². The van der Waals surface area contributed by atoms with E-state index in [9.17, 15) is 10.2 Å². The van der Waals surface area contributed by atoms with Crippen LogP contribution in [-0.4, -0.2) is 10.2 Å². The molecule has 2 N–H and O–H groups in total. The van der Waals surface area contributed by atoms with E-state index < -0.39 is 0 Å². The Kier molecular flexibility index (Phi) is 12.4. The van der Waals surface area contributed by atoms with Crippen molar-refractivity contribution in [3.63, 3.8) is 0 Å². The van der Waals surface area contributed by atoms with Gasteiger partial charge in [-0.1, -0.05) is 123 Å². The molecular weight excluding hydrogens is 733 g/mol. The Morgan fingerprint density at radius 3 is 1.18 bits per heavy atom. The molecule has 0 bridgehead atoms. The number of hydrogen-bond acceptors (Lipinski definition) is 4. The van der Waals surface area contributed by atoms with E-state index in [1.807, 2.05) is 24.3 Å². The van der Waals surface area contributed by atoms with Crippen LogP contribution < -0.4 is 9.80 Å². The molecule has 4 heteroatoms. The van der Waals surface area contributed by atoms with Crippen molar-refractivity contribution in [3.05, 3.63) is 229 Å². The van der Waals surface area contributed by atoms with Crippen LogP contribution in [0.2, 0.25) is 0 Å². The molecule has 8 aromatic carbocycles. The zero-order chi connectivity index (χ0) is 41.3. The van der Waals surface area contributed by atoms with Gasteiger partial charge in [-0.05, 0) is 168 Å². The molecule has 0 saturated heterocycles. The van der Waals surface area contributed by atoms with Crippen molar-refractivity contribution in [2.75, 3.05) is 9.80 Å². The molecule has 4 nitrogen and oxygen atoms in total. The molecule has 8 rings (SSSR count). The van der Waals surface area contributed by atoms with Crippen molar-refractivity contribution in [1.82, 2.24) is 0 Å². The molecule has 0 aromatic heterocycles. The Bertz CT molecular complexity index is 2540. The zero-order valence-electron chi connectivity index (χ0n) is 34.4. The summed E-state index contributed by atoms with van der Waals surface area (Å²) in [4.78, 5) is 4.63. The average Bonchev–Trinajstić information content (AvgIpc) is 3.30. The van der Waals surface area contributed by atoms with Crippen LogP contribution in [0.1, 0.15) is 60.8 Å². The monoisotopic (exact) mass is 784 g/mol. The van der Waals surface area contributed by atoms with Crippen LogP contribution >= 0.6 is 0 Å². The van der Waals surface area contributed by atoms with E-state index in [2.05, 4.69) is 181 Å². The van der Waals surface area contributed by atoms with Crippen LogP contribution in [0.3, 0.4) is 0 Å². The maximum atomic E-state index is 9.75. The van der Waals surface area contributed by atoms with Gasteiger partial charge in [-0.15, -0.1) is 0 Å². The summed E-state index contributed by atoms with van der Waals surface area (Å²) in [6.07, 6.45) is 3.97. The van der Waals surface area contributed by atoms with E-state index in [4.69, 9.17) is 0 Å². The summed E-state index contributed by atoms with van der Waals surface area (Å²) < 4.78 is 0. The lowest BCUT2D eigenvalue weighted by atomic mass is 9.89. The smallest absolute Gasteiger partial charge is 0.115 e. The predicted molar refractivity (Wildman–Crippen MR) is 251 cm³/mol. The number of hydrogen-bond donors (Lipinski definition) is 2. The number of nitrogens with zero attached hydrogens (tertiary/aromatic N) is 2. The molecule has 0 aliphatic heterocycles. The number of rotatable bonds is 15. The molecule has 2 atom stereocenters. The van der Waals surface area contributed by atoms with Crippen LogP contribution in [0.4, 0.5) is 34.1 Å². The Morgan fingerprint density at radius 1 is 0.400 bits per heavy atom. The van der Waals surface area contributed by atoms with Crippen molar-refractivity contribution in [3.8, 4) is 22.6 Å². The number of aryl methyl sites for hydroxylation is 1. The number of anilines is 6. The highest BCUT2D eigenvalue weighted by Crippen LogP contribution is 2.39. The Morgan fingerprint density at radius 2 is 0.767 bits per heavy atom. The van der Waals surface area contributed by atoms with Crippen LogP contribution in [0.5, 0.6) is 11.5 Å². The van der Waals surface area contributed by atoms with Gasteiger partial charge in [0.05, 0.1) is 0 Å². The zero-order valence-corrected chi connectivity index (χ0v) is 34.4. The first kappa shape index (κ1) is 39.8. The largest absolute Gasteiger partial charge is 0.508 e. The highest BCUT2D eigenvalue weighted by Gasteiger charge is 2.17. The van der Waals surface area contributed by atoms with Crippen molar-refractivity contribution < 1.29 is 10.2 Å². The predicted octanol–water partition coefficient (Wildman–Crippen LogP) is 15.2. The van der Waals surface area contributed by atoms with Crippen LogP contribution in [-0.2, 0) is 12.8 Å². The van der Waals surface area contributed by atoms with Gasteiger partial charge < -0.3 is 20.0 Å². The summed E-state index contributed by atoms with van der Waals surface area (Å²) in [5.74, 6) is 1.41. The fourth-order valence-corrected chi connectivity index (χ4v) is 8.13. The third kappa shape index (κ3) is 9.46. The first-order valence-corrected chi connectivity index (χ1v) is 21.1. The minimum atomic E-state index is 0.303. The Labute approximate surface area is 355 Å². The number of phenolic OH excluding ortho intramolecular Hbond substituents is 2. The maximum absolute atomic E-state index is 9.75. The average molecular weight is 785 g/mol. The second kappa shape index (κ2) is 18.7. The van der Waals surface area contributed by atoms with Crippen molar-refractivity contribution in [2.45, 2.75) is 51.4 Å². The fourth-order valence-electron chi connectivity index (χ4n) is 8.13. The minimum absolute atomic E-state index is 0.303. The number of benzene rings is 8. The Balaban J connectivity index is 1.00. The van der Waals surface area contributed by atoms with Crippen LogP contribution in [0.15, 0.2) is 206 Å². The first-order valence-electron chi connectivity index (χ1n) is 21.1. The standard InChI is InChI=1S/C56H52N2O2/c1-3-44(40-43-18-38-56(60)39-19-43)46-22-30-52(31-23-46)58(50-12-8-5-9-13-50)54-34-26-48(27-35-54)47-24-32-53(33-25-47)57(49-10-6-4-7-11-49)51-28-20-45(21-29-51)41(2)14-15-42-16-36-55(59)37-17-42/h4-13,16-39,41,44,59-60H,3,14-15,40H2,1-2H3. The lowest BCUT2D eigenvalue weighted by molar-refractivity contribution is 0.474. The normalized spacial score (nSPS) is 12.1. The quantitative estimate of drug-likeness (QED) is 0.109. The number of aromatic hydroxyl groups is 2. The molecule has 0 saturated carbocycles. The van der Waals surface area contributed by atoms with Gasteiger partial charge in [0.2, 0.25) is 0 Å². The summed E-state index contributed by atoms with van der Waals surface area (Å²) >= 11 is 0. The van der Waals surface area contributed by atoms with E-state index in [1.54, 1.807) is 24.3 Å². The highest BCUT2D eigenvalue weighted by atomic mass is 16.3. The lowest BCUT2D eigenvalue weighted by Crippen LogP contribution is -2.10. The molecule has 2 unspecified atom stereocenters. The number of phenols is 2. The molecule has 0 radical (unpaired) electrons. The van der Waals surface area contributed by atoms with Crippen LogP contribution in [0.25, 0.3) is 11.1 Å². The van der Waals surface area contributed by atoms with E-state index in [0.29, 0.717) is 23.3 Å². The minimum Gasteiger partial charge on any atom is -0.508 e. The number of para-hydroxylation sites is 2. The SMILES string of the molecule is CCC(Cc1ccc(O)cc1)c1ccc(N(c2ccccc2)c2ccc(-c3ccc(N(c4ccccc4)c4ccc(C(C)CCc5ccc(O)cc5)cc4)cc3)cc2)cc1. The molecule has 0 aliphatic carbocycles. The molecule has 0 heterocycles. The molecule has 0 aliphatic rings. The summed E-state index contributed by atoms with van der Waals surface area (Å²) in [6, 6.07) is 72.0. The Hall–Kier alpha value is -7.04. The van der Waals surface area contributed by atoms with Gasteiger partial charge >= 0.3 is 0 Å². The molecule has 0 spiro atoms. The second-order valence-electron chi connectivity index (χ2n) is 15.7. The molecule has 8 aromatic rings. The van der Waals surface area contributed by atoms with Gasteiger partial charge in [0, 0.05) is 34.1 Å². The fraction of sp³-hybridized carbons (Fsp3) is 0.143. The summed E-state index contributed by atoms with van der Waals surface area (Å²) in [5.41, 5.74) is 14.1. The highest BCUT2D eigenvalue weighted by molar-refractivity contribution is 5.80. The molecule has 0 amide bonds. The van der Waals surface area contributed by atoms with Crippen LogP contribution in [0, 0.1) is 0 Å². The van der Waals surface area contributed by atoms with Gasteiger partial charge in [-0.2, -0.15) is 0 Å². The summed E-state index contributed by atoms with van der Waals surface area (Å²) in [7, 11) is 0. The molecule has 298 valence electrons. The second-order valence-corrected chi connectivity index (χ2v) is 15.7. The van der Waals surface area contributed by atoms with Crippen molar-refractivity contribution in [1.29, 1.82) is 0 Å². The summed E-state index contributed by atoms with van der Waals surface area (Å²) in [6.45, 7) is 4.53. The third-order valence-electron chi connectivity index (χ3n) is 11.7. The van der Waals surface area contributed by atoms with E-state index in [0.717, 1.165) is 70.9 Å².